The Hall–Kier alpha value is -1.55. The van der Waals surface area contributed by atoms with Gasteiger partial charge >= 0.3 is 0 Å². The molecule has 2 heterocycles. The number of halogens is 1. The molecular formula is C15H16BrN3. The number of piperazine rings is 1. The molecule has 3 rings (SSSR count). The largest absolute Gasteiger partial charge is 0.368 e. The van der Waals surface area contributed by atoms with Crippen molar-refractivity contribution in [3.05, 3.63) is 53.3 Å². The summed E-state index contributed by atoms with van der Waals surface area (Å²) in [5.74, 6) is 0. The first kappa shape index (κ1) is 12.5. The van der Waals surface area contributed by atoms with Crippen molar-refractivity contribution in [1.82, 2.24) is 4.98 Å². The van der Waals surface area contributed by atoms with Gasteiger partial charge in [-0.1, -0.05) is 18.2 Å². The number of nitrogens with zero attached hydrogens (tertiary/aromatic N) is 3. The van der Waals surface area contributed by atoms with Crippen molar-refractivity contribution in [3.8, 4) is 0 Å². The van der Waals surface area contributed by atoms with Crippen LogP contribution in [0, 0.1) is 0 Å². The monoisotopic (exact) mass is 317 g/mol. The Morgan fingerprint density at radius 2 is 1.47 bits per heavy atom. The Bertz CT molecular complexity index is 536. The van der Waals surface area contributed by atoms with Gasteiger partial charge in [0.1, 0.15) is 0 Å². The number of hydrogen-bond acceptors (Lipinski definition) is 3. The molecule has 1 aliphatic heterocycles. The van der Waals surface area contributed by atoms with E-state index in [0.717, 1.165) is 30.7 Å². The van der Waals surface area contributed by atoms with Gasteiger partial charge < -0.3 is 9.80 Å². The van der Waals surface area contributed by atoms with Crippen LogP contribution < -0.4 is 9.80 Å². The zero-order valence-electron chi connectivity index (χ0n) is 10.7. The van der Waals surface area contributed by atoms with Gasteiger partial charge in [-0.15, -0.1) is 0 Å². The Morgan fingerprint density at radius 1 is 0.842 bits per heavy atom. The highest BCUT2D eigenvalue weighted by Crippen LogP contribution is 2.21. The number of pyridine rings is 1. The fraction of sp³-hybridized carbons (Fsp3) is 0.267. The topological polar surface area (TPSA) is 19.4 Å². The number of benzene rings is 1. The summed E-state index contributed by atoms with van der Waals surface area (Å²) in [6, 6.07) is 12.7. The van der Waals surface area contributed by atoms with Crippen LogP contribution in [0.5, 0.6) is 0 Å². The summed E-state index contributed by atoms with van der Waals surface area (Å²) in [5.41, 5.74) is 2.51. The summed E-state index contributed by atoms with van der Waals surface area (Å²) in [6.07, 6.45) is 3.76. The van der Waals surface area contributed by atoms with E-state index in [9.17, 15) is 0 Å². The van der Waals surface area contributed by atoms with Gasteiger partial charge in [0.05, 0.1) is 11.9 Å². The molecule has 0 N–H and O–H groups in total. The summed E-state index contributed by atoms with van der Waals surface area (Å²) in [4.78, 5) is 9.05. The molecule has 0 spiro atoms. The zero-order chi connectivity index (χ0) is 13.1. The maximum Gasteiger partial charge on any atom is 0.0565 e. The van der Waals surface area contributed by atoms with Crippen molar-refractivity contribution in [2.45, 2.75) is 0 Å². The van der Waals surface area contributed by atoms with Crippen molar-refractivity contribution < 1.29 is 0 Å². The lowest BCUT2D eigenvalue weighted by Gasteiger charge is -2.37. The number of para-hydroxylation sites is 1. The molecule has 19 heavy (non-hydrogen) atoms. The highest BCUT2D eigenvalue weighted by molar-refractivity contribution is 9.10. The van der Waals surface area contributed by atoms with Gasteiger partial charge in [-0.3, -0.25) is 4.98 Å². The normalized spacial score (nSPS) is 15.6. The van der Waals surface area contributed by atoms with E-state index in [2.05, 4.69) is 67.1 Å². The predicted octanol–water partition coefficient (Wildman–Crippen LogP) is 3.17. The van der Waals surface area contributed by atoms with Gasteiger partial charge in [-0.05, 0) is 34.1 Å². The van der Waals surface area contributed by atoms with Gasteiger partial charge in [0.15, 0.2) is 0 Å². The summed E-state index contributed by atoms with van der Waals surface area (Å²) in [5, 5.41) is 0. The third-order valence-electron chi connectivity index (χ3n) is 3.46. The van der Waals surface area contributed by atoms with E-state index in [1.807, 2.05) is 12.4 Å². The van der Waals surface area contributed by atoms with E-state index in [-0.39, 0.29) is 0 Å². The second-order valence-corrected chi connectivity index (χ2v) is 5.59. The second kappa shape index (κ2) is 5.61. The molecule has 1 saturated heterocycles. The van der Waals surface area contributed by atoms with E-state index < -0.39 is 0 Å². The molecule has 1 aromatic heterocycles. The van der Waals surface area contributed by atoms with Crippen LogP contribution in [-0.4, -0.2) is 31.2 Å². The van der Waals surface area contributed by atoms with Crippen molar-refractivity contribution >= 4 is 27.3 Å². The third-order valence-corrected chi connectivity index (χ3v) is 3.89. The smallest absolute Gasteiger partial charge is 0.0565 e. The summed E-state index contributed by atoms with van der Waals surface area (Å²) in [6.45, 7) is 4.17. The SMILES string of the molecule is Brc1cncc(N2CCN(c3ccccc3)CC2)c1. The molecule has 1 fully saturated rings. The fourth-order valence-electron chi connectivity index (χ4n) is 2.44. The van der Waals surface area contributed by atoms with Gasteiger partial charge in [0.2, 0.25) is 0 Å². The fourth-order valence-corrected chi connectivity index (χ4v) is 2.79. The summed E-state index contributed by atoms with van der Waals surface area (Å²) >= 11 is 3.48. The second-order valence-electron chi connectivity index (χ2n) is 4.67. The van der Waals surface area contributed by atoms with E-state index >= 15 is 0 Å². The molecule has 2 aromatic rings. The lowest BCUT2D eigenvalue weighted by atomic mass is 10.2. The number of rotatable bonds is 2. The average molecular weight is 318 g/mol. The maximum atomic E-state index is 4.23. The minimum absolute atomic E-state index is 1.03. The van der Waals surface area contributed by atoms with Crippen molar-refractivity contribution in [1.29, 1.82) is 0 Å². The Morgan fingerprint density at radius 3 is 2.11 bits per heavy atom. The van der Waals surface area contributed by atoms with Gasteiger partial charge in [0.25, 0.3) is 0 Å². The Labute approximate surface area is 122 Å². The van der Waals surface area contributed by atoms with Crippen LogP contribution in [0.2, 0.25) is 0 Å². The Balaban J connectivity index is 1.67. The standard InChI is InChI=1S/C15H16BrN3/c16-13-10-15(12-17-11-13)19-8-6-18(7-9-19)14-4-2-1-3-5-14/h1-5,10-12H,6-9H2. The first-order valence-electron chi connectivity index (χ1n) is 6.48. The first-order chi connectivity index (χ1) is 9.33. The molecule has 1 aromatic carbocycles. The zero-order valence-corrected chi connectivity index (χ0v) is 12.3. The number of hydrogen-bond donors (Lipinski definition) is 0. The van der Waals surface area contributed by atoms with E-state index in [0.29, 0.717) is 0 Å². The van der Waals surface area contributed by atoms with Crippen LogP contribution in [0.3, 0.4) is 0 Å². The minimum atomic E-state index is 1.03. The van der Waals surface area contributed by atoms with Crippen molar-refractivity contribution in [3.63, 3.8) is 0 Å². The summed E-state index contributed by atoms with van der Waals surface area (Å²) in [7, 11) is 0. The van der Waals surface area contributed by atoms with Crippen LogP contribution in [-0.2, 0) is 0 Å². The molecule has 0 unspecified atom stereocenters. The molecule has 0 atom stereocenters. The van der Waals surface area contributed by atoms with Gasteiger partial charge in [-0.2, -0.15) is 0 Å². The lowest BCUT2D eigenvalue weighted by Crippen LogP contribution is -2.46. The van der Waals surface area contributed by atoms with Gasteiger partial charge in [0, 0.05) is 42.5 Å². The molecule has 0 saturated carbocycles. The molecule has 98 valence electrons. The van der Waals surface area contributed by atoms with Crippen LogP contribution >= 0.6 is 15.9 Å². The number of aromatic nitrogens is 1. The van der Waals surface area contributed by atoms with Crippen LogP contribution in [0.25, 0.3) is 0 Å². The Kier molecular flexibility index (Phi) is 3.69. The van der Waals surface area contributed by atoms with Crippen molar-refractivity contribution in [2.75, 3.05) is 36.0 Å². The van der Waals surface area contributed by atoms with E-state index in [1.165, 1.54) is 11.4 Å². The van der Waals surface area contributed by atoms with E-state index in [1.54, 1.807) is 0 Å². The first-order valence-corrected chi connectivity index (χ1v) is 7.28. The molecule has 4 heteroatoms. The molecule has 0 aliphatic carbocycles. The highest BCUT2D eigenvalue weighted by atomic mass is 79.9. The van der Waals surface area contributed by atoms with Crippen LogP contribution in [0.1, 0.15) is 0 Å². The lowest BCUT2D eigenvalue weighted by molar-refractivity contribution is 0.652. The molecule has 0 amide bonds. The molecule has 1 aliphatic rings. The molecule has 0 radical (unpaired) electrons. The number of anilines is 2. The molecule has 3 nitrogen and oxygen atoms in total. The quantitative estimate of drug-likeness (QED) is 0.848. The minimum Gasteiger partial charge on any atom is -0.368 e. The van der Waals surface area contributed by atoms with Crippen molar-refractivity contribution in [2.24, 2.45) is 0 Å². The maximum absolute atomic E-state index is 4.23. The molecule has 0 bridgehead atoms. The highest BCUT2D eigenvalue weighted by Gasteiger charge is 2.17. The average Bonchev–Trinajstić information content (AvgIpc) is 2.48. The predicted molar refractivity (Wildman–Crippen MR) is 82.8 cm³/mol. The molecular weight excluding hydrogens is 302 g/mol. The summed E-state index contributed by atoms with van der Waals surface area (Å²) < 4.78 is 1.04. The third kappa shape index (κ3) is 2.89. The van der Waals surface area contributed by atoms with E-state index in [4.69, 9.17) is 0 Å². The van der Waals surface area contributed by atoms with Crippen LogP contribution in [0.4, 0.5) is 11.4 Å². The van der Waals surface area contributed by atoms with Gasteiger partial charge in [-0.25, -0.2) is 0 Å². The van der Waals surface area contributed by atoms with Crippen LogP contribution in [0.15, 0.2) is 53.3 Å².